The zero-order chi connectivity index (χ0) is 23.4. The van der Waals surface area contributed by atoms with Crippen molar-refractivity contribution in [3.05, 3.63) is 82.9 Å². The van der Waals surface area contributed by atoms with E-state index in [2.05, 4.69) is 47.8 Å². The molecule has 1 aliphatic heterocycles. The van der Waals surface area contributed by atoms with Gasteiger partial charge in [0.2, 0.25) is 0 Å². The van der Waals surface area contributed by atoms with Crippen LogP contribution >= 0.6 is 12.4 Å². The van der Waals surface area contributed by atoms with Gasteiger partial charge in [0, 0.05) is 12.2 Å². The quantitative estimate of drug-likeness (QED) is 0.425. The summed E-state index contributed by atoms with van der Waals surface area (Å²) in [5.74, 6) is 0. The van der Waals surface area contributed by atoms with Crippen LogP contribution in [0.15, 0.2) is 55.0 Å². The van der Waals surface area contributed by atoms with Gasteiger partial charge < -0.3 is 9.88 Å². The smallest absolute Gasteiger partial charge is 0.325 e. The Bertz CT molecular complexity index is 1140. The molecular formula is C27H32ClN5O. The molecule has 6 nitrogen and oxygen atoms in total. The summed E-state index contributed by atoms with van der Waals surface area (Å²) in [4.78, 5) is 25.5. The summed E-state index contributed by atoms with van der Waals surface area (Å²) in [6.45, 7) is 7.04. The average Bonchev–Trinajstić information content (AvgIpc) is 3.47. The Balaban J connectivity index is 0.00000324. The van der Waals surface area contributed by atoms with E-state index in [-0.39, 0.29) is 30.5 Å². The van der Waals surface area contributed by atoms with E-state index in [0.29, 0.717) is 18.5 Å². The van der Waals surface area contributed by atoms with Gasteiger partial charge in [0.25, 0.3) is 0 Å². The Labute approximate surface area is 208 Å². The maximum absolute atomic E-state index is 13.9. The van der Waals surface area contributed by atoms with Gasteiger partial charge in [-0.25, -0.2) is 9.78 Å². The molecule has 1 unspecified atom stereocenters. The van der Waals surface area contributed by atoms with Gasteiger partial charge in [0.1, 0.15) is 0 Å². The number of amides is 2. The van der Waals surface area contributed by atoms with Crippen LogP contribution in [-0.4, -0.2) is 33.5 Å². The summed E-state index contributed by atoms with van der Waals surface area (Å²) in [6, 6.07) is 16.0. The second kappa shape index (κ2) is 11.2. The molecule has 0 aliphatic carbocycles. The number of carbonyl (C=O) groups excluding carboxylic acids is 1. The van der Waals surface area contributed by atoms with Crippen LogP contribution in [0.25, 0.3) is 0 Å². The number of urea groups is 1. The molecule has 0 bridgehead atoms. The number of carbonyl (C=O) groups is 1. The van der Waals surface area contributed by atoms with Crippen molar-refractivity contribution >= 4 is 24.1 Å². The molecule has 4 rings (SSSR count). The molecule has 0 saturated carbocycles. The van der Waals surface area contributed by atoms with Crippen molar-refractivity contribution in [2.24, 2.45) is 0 Å². The summed E-state index contributed by atoms with van der Waals surface area (Å²) in [5.41, 5.74) is 5.97. The van der Waals surface area contributed by atoms with Crippen LogP contribution in [0.1, 0.15) is 60.2 Å². The van der Waals surface area contributed by atoms with Crippen molar-refractivity contribution in [1.82, 2.24) is 14.9 Å². The SMILES string of the molecule is CCCCC1CN(c2cccc(C)c2C)C(=O)N1[C@@H](Cc1ccc(C#N)cc1)c1cnc[nH]1.Cl. The Hall–Kier alpha value is -3.30. The van der Waals surface area contributed by atoms with Crippen LogP contribution < -0.4 is 4.90 Å². The molecule has 1 aliphatic rings. The lowest BCUT2D eigenvalue weighted by atomic mass is 9.99. The van der Waals surface area contributed by atoms with Gasteiger partial charge in [0.15, 0.2) is 0 Å². The molecule has 2 aromatic carbocycles. The number of anilines is 1. The number of nitrogens with one attached hydrogen (secondary N) is 1. The molecule has 0 spiro atoms. The lowest BCUT2D eigenvalue weighted by Crippen LogP contribution is -2.39. The minimum Gasteiger partial charge on any atom is -0.347 e. The number of unbranched alkanes of at least 4 members (excludes halogenated alkanes) is 1. The number of hydrogen-bond acceptors (Lipinski definition) is 3. The second-order valence-electron chi connectivity index (χ2n) is 8.85. The van der Waals surface area contributed by atoms with Crippen LogP contribution in [0, 0.1) is 25.2 Å². The molecular weight excluding hydrogens is 446 g/mol. The molecule has 0 radical (unpaired) electrons. The number of aromatic amines is 1. The van der Waals surface area contributed by atoms with Crippen LogP contribution in [0.5, 0.6) is 0 Å². The van der Waals surface area contributed by atoms with Gasteiger partial charge in [-0.15, -0.1) is 12.4 Å². The predicted octanol–water partition coefficient (Wildman–Crippen LogP) is 6.10. The normalized spacial score (nSPS) is 16.3. The van der Waals surface area contributed by atoms with Gasteiger partial charge in [-0.1, -0.05) is 44.0 Å². The summed E-state index contributed by atoms with van der Waals surface area (Å²) >= 11 is 0. The summed E-state index contributed by atoms with van der Waals surface area (Å²) in [7, 11) is 0. The third-order valence-corrected chi connectivity index (χ3v) is 6.72. The van der Waals surface area contributed by atoms with Crippen molar-refractivity contribution < 1.29 is 4.79 Å². The maximum Gasteiger partial charge on any atom is 0.325 e. The molecule has 1 saturated heterocycles. The molecule has 2 amide bonds. The predicted molar refractivity (Wildman–Crippen MR) is 137 cm³/mol. The zero-order valence-corrected chi connectivity index (χ0v) is 20.8. The first-order valence-corrected chi connectivity index (χ1v) is 11.7. The standard InChI is InChI=1S/C27H31N5O.ClH/c1-4-5-8-23-17-31(25-9-6-7-19(2)20(25)3)27(33)32(23)26(24-16-29-18-30-24)14-21-10-12-22(15-28)13-11-21;/h6-7,9-13,16,18,23,26H,4-5,8,14,17H2,1-3H3,(H,29,30);1H/t23?,26-;/m0./s1. The molecule has 1 N–H and O–H groups in total. The van der Waals surface area contributed by atoms with Crippen LogP contribution in [0.4, 0.5) is 10.5 Å². The molecule has 2 atom stereocenters. The largest absolute Gasteiger partial charge is 0.347 e. The van der Waals surface area contributed by atoms with Gasteiger partial charge >= 0.3 is 6.03 Å². The molecule has 178 valence electrons. The fraction of sp³-hybridized carbons (Fsp3) is 0.370. The Kier molecular flexibility index (Phi) is 8.36. The molecule has 3 aromatic rings. The Morgan fingerprint density at radius 1 is 1.21 bits per heavy atom. The highest BCUT2D eigenvalue weighted by Crippen LogP contribution is 2.36. The van der Waals surface area contributed by atoms with Crippen molar-refractivity contribution in [2.45, 2.75) is 58.5 Å². The molecule has 2 heterocycles. The summed E-state index contributed by atoms with van der Waals surface area (Å²) in [6.07, 6.45) is 7.27. The number of benzene rings is 2. The summed E-state index contributed by atoms with van der Waals surface area (Å²) < 4.78 is 0. The van der Waals surface area contributed by atoms with E-state index < -0.39 is 0 Å². The highest BCUT2D eigenvalue weighted by Gasteiger charge is 2.42. The Morgan fingerprint density at radius 2 is 1.97 bits per heavy atom. The monoisotopic (exact) mass is 477 g/mol. The second-order valence-corrected chi connectivity index (χ2v) is 8.85. The maximum atomic E-state index is 13.9. The number of rotatable bonds is 8. The van der Waals surface area contributed by atoms with E-state index >= 15 is 0 Å². The zero-order valence-electron chi connectivity index (χ0n) is 20.0. The van der Waals surface area contributed by atoms with Crippen molar-refractivity contribution in [3.8, 4) is 6.07 Å². The first kappa shape index (κ1) is 25.3. The van der Waals surface area contributed by atoms with Crippen molar-refractivity contribution in [3.63, 3.8) is 0 Å². The van der Waals surface area contributed by atoms with Gasteiger partial charge in [-0.3, -0.25) is 4.90 Å². The number of aryl methyl sites for hydroxylation is 1. The number of halogens is 1. The van der Waals surface area contributed by atoms with Crippen LogP contribution in [0.3, 0.4) is 0 Å². The molecule has 1 aromatic heterocycles. The minimum absolute atomic E-state index is 0. The number of imidazole rings is 1. The first-order valence-electron chi connectivity index (χ1n) is 11.7. The fourth-order valence-electron chi connectivity index (χ4n) is 4.71. The molecule has 1 fully saturated rings. The average molecular weight is 478 g/mol. The fourth-order valence-corrected chi connectivity index (χ4v) is 4.71. The lowest BCUT2D eigenvalue weighted by molar-refractivity contribution is 0.169. The molecule has 34 heavy (non-hydrogen) atoms. The third kappa shape index (κ3) is 5.10. The topological polar surface area (TPSA) is 76.0 Å². The van der Waals surface area contributed by atoms with Gasteiger partial charge in [-0.05, 0) is 61.6 Å². The summed E-state index contributed by atoms with van der Waals surface area (Å²) in [5, 5.41) is 9.14. The van der Waals surface area contributed by atoms with E-state index in [0.717, 1.165) is 41.8 Å². The number of hydrogen-bond donors (Lipinski definition) is 1. The number of aromatic nitrogens is 2. The highest BCUT2D eigenvalue weighted by atomic mass is 35.5. The van der Waals surface area contributed by atoms with Crippen LogP contribution in [-0.2, 0) is 6.42 Å². The van der Waals surface area contributed by atoms with E-state index in [1.54, 1.807) is 6.33 Å². The minimum atomic E-state index is -0.162. The molecule has 7 heteroatoms. The van der Waals surface area contributed by atoms with Crippen LogP contribution in [0.2, 0.25) is 0 Å². The van der Waals surface area contributed by atoms with E-state index in [4.69, 9.17) is 5.26 Å². The van der Waals surface area contributed by atoms with E-state index in [1.807, 2.05) is 47.5 Å². The Morgan fingerprint density at radius 3 is 2.62 bits per heavy atom. The number of nitrogens with zero attached hydrogens (tertiary/aromatic N) is 4. The number of H-pyrrole nitrogens is 1. The number of nitriles is 1. The van der Waals surface area contributed by atoms with Crippen molar-refractivity contribution in [2.75, 3.05) is 11.4 Å². The third-order valence-electron chi connectivity index (χ3n) is 6.72. The first-order chi connectivity index (χ1) is 16.0. The van der Waals surface area contributed by atoms with Gasteiger partial charge in [-0.2, -0.15) is 5.26 Å². The van der Waals surface area contributed by atoms with Crippen molar-refractivity contribution in [1.29, 1.82) is 5.26 Å². The lowest BCUT2D eigenvalue weighted by Gasteiger charge is -2.32. The van der Waals surface area contributed by atoms with Gasteiger partial charge in [0.05, 0.1) is 41.9 Å². The highest BCUT2D eigenvalue weighted by molar-refractivity contribution is 5.95. The van der Waals surface area contributed by atoms with E-state index in [1.165, 1.54) is 5.56 Å². The van der Waals surface area contributed by atoms with E-state index in [9.17, 15) is 4.79 Å².